The molecular weight excluding hydrogens is 364 g/mol. The maximum absolute atomic E-state index is 12.0. The van der Waals surface area contributed by atoms with Gasteiger partial charge in [0, 0.05) is 38.3 Å². The Bertz CT molecular complexity index is 829. The van der Waals surface area contributed by atoms with Crippen LogP contribution in [0, 0.1) is 0 Å². The predicted molar refractivity (Wildman–Crippen MR) is 118 cm³/mol. The first-order valence-electron chi connectivity index (χ1n) is 9.69. The third-order valence-corrected chi connectivity index (χ3v) is 4.15. The number of nitrogens with one attached hydrogen (secondary N) is 2. The summed E-state index contributed by atoms with van der Waals surface area (Å²) < 4.78 is 5.71. The highest BCUT2D eigenvalue weighted by Gasteiger charge is 2.07. The van der Waals surface area contributed by atoms with Gasteiger partial charge in [-0.3, -0.25) is 4.79 Å². The highest BCUT2D eigenvalue weighted by atomic mass is 16.5. The van der Waals surface area contributed by atoms with Gasteiger partial charge in [0.1, 0.15) is 12.4 Å². The van der Waals surface area contributed by atoms with E-state index in [-0.39, 0.29) is 5.91 Å². The molecule has 1 amide bonds. The second-order valence-corrected chi connectivity index (χ2v) is 6.65. The highest BCUT2D eigenvalue weighted by Crippen LogP contribution is 2.17. The Morgan fingerprint density at radius 2 is 1.86 bits per heavy atom. The topological polar surface area (TPSA) is 66.0 Å². The summed E-state index contributed by atoms with van der Waals surface area (Å²) >= 11 is 0. The molecule has 0 aliphatic carbocycles. The molecule has 0 spiro atoms. The molecule has 6 heteroatoms. The number of aliphatic imine (C=N–C) groups is 1. The molecule has 0 saturated carbocycles. The summed E-state index contributed by atoms with van der Waals surface area (Å²) in [5.41, 5.74) is 2.75. The zero-order valence-corrected chi connectivity index (χ0v) is 17.4. The number of carbonyl (C=O) groups excluding carboxylic acids is 1. The van der Waals surface area contributed by atoms with Crippen LogP contribution in [0.5, 0.6) is 5.75 Å². The Kier molecular flexibility index (Phi) is 8.76. The summed E-state index contributed by atoms with van der Waals surface area (Å²) in [5.74, 6) is 1.55. The summed E-state index contributed by atoms with van der Waals surface area (Å²) in [6, 6.07) is 15.4. The molecule has 0 aromatic heterocycles. The number of amides is 1. The first-order valence-corrected chi connectivity index (χ1v) is 9.69. The maximum Gasteiger partial charge on any atom is 0.253 e. The summed E-state index contributed by atoms with van der Waals surface area (Å²) in [7, 11) is 3.49. The van der Waals surface area contributed by atoms with E-state index in [0.29, 0.717) is 25.3 Å². The quantitative estimate of drug-likeness (QED) is 0.389. The summed E-state index contributed by atoms with van der Waals surface area (Å²) in [5, 5.41) is 6.59. The lowest BCUT2D eigenvalue weighted by atomic mass is 10.1. The zero-order chi connectivity index (χ0) is 21.1. The summed E-state index contributed by atoms with van der Waals surface area (Å²) in [4.78, 5) is 18.2. The lowest BCUT2D eigenvalue weighted by molar-refractivity contribution is 0.0827. The van der Waals surface area contributed by atoms with Crippen LogP contribution in [0.1, 0.15) is 28.4 Å². The maximum atomic E-state index is 12.0. The van der Waals surface area contributed by atoms with Gasteiger partial charge in [-0.05, 0) is 30.7 Å². The minimum Gasteiger partial charge on any atom is -0.489 e. The molecule has 0 radical (unpaired) electrons. The molecule has 2 aromatic carbocycles. The van der Waals surface area contributed by atoms with Crippen molar-refractivity contribution in [2.45, 2.75) is 20.0 Å². The lowest BCUT2D eigenvalue weighted by Crippen LogP contribution is -2.36. The highest BCUT2D eigenvalue weighted by molar-refractivity contribution is 5.93. The van der Waals surface area contributed by atoms with Gasteiger partial charge in [0.05, 0.1) is 6.54 Å². The fourth-order valence-corrected chi connectivity index (χ4v) is 2.64. The smallest absolute Gasteiger partial charge is 0.253 e. The molecule has 0 aliphatic rings. The summed E-state index contributed by atoms with van der Waals surface area (Å²) in [6.45, 7) is 8.05. The molecule has 0 bridgehead atoms. The molecule has 0 heterocycles. The van der Waals surface area contributed by atoms with Crippen molar-refractivity contribution in [2.24, 2.45) is 4.99 Å². The van der Waals surface area contributed by atoms with E-state index in [2.05, 4.69) is 22.2 Å². The van der Waals surface area contributed by atoms with Crippen LogP contribution in [-0.2, 0) is 13.1 Å². The van der Waals surface area contributed by atoms with Crippen LogP contribution in [-0.4, -0.2) is 44.0 Å². The minimum absolute atomic E-state index is 0.00704. The third-order valence-electron chi connectivity index (χ3n) is 4.15. The van der Waals surface area contributed by atoms with Crippen LogP contribution in [0.4, 0.5) is 0 Å². The molecule has 2 aromatic rings. The first kappa shape index (κ1) is 22.0. The molecule has 2 rings (SSSR count). The monoisotopic (exact) mass is 394 g/mol. The van der Waals surface area contributed by atoms with Crippen molar-refractivity contribution in [3.05, 3.63) is 77.9 Å². The van der Waals surface area contributed by atoms with Crippen LogP contribution in [0.2, 0.25) is 0 Å². The number of carbonyl (C=O) groups is 1. The standard InChI is InChI=1S/C23H30N4O2/c1-5-15-29-21-10-8-7-9-20(21)17-26-23(24-6-2)25-16-18-11-13-19(14-12-18)22(28)27(3)4/h5,7-14H,1,6,15-17H2,2-4H3,(H2,24,25,26). The molecule has 0 atom stereocenters. The second kappa shape index (κ2) is 11.5. The molecule has 0 saturated heterocycles. The van der Waals surface area contributed by atoms with Gasteiger partial charge in [0.25, 0.3) is 5.91 Å². The first-order chi connectivity index (χ1) is 14.0. The normalized spacial score (nSPS) is 10.9. The van der Waals surface area contributed by atoms with Crippen molar-refractivity contribution in [2.75, 3.05) is 27.2 Å². The number of hydrogen-bond donors (Lipinski definition) is 2. The average molecular weight is 395 g/mol. The van der Waals surface area contributed by atoms with E-state index in [1.807, 2.05) is 55.5 Å². The fourth-order valence-electron chi connectivity index (χ4n) is 2.64. The minimum atomic E-state index is -0.00704. The summed E-state index contributed by atoms with van der Waals surface area (Å²) in [6.07, 6.45) is 1.73. The van der Waals surface area contributed by atoms with E-state index < -0.39 is 0 Å². The number of benzene rings is 2. The number of nitrogens with zero attached hydrogens (tertiary/aromatic N) is 2. The van der Waals surface area contributed by atoms with Gasteiger partial charge in [-0.1, -0.05) is 43.0 Å². The van der Waals surface area contributed by atoms with Gasteiger partial charge in [-0.15, -0.1) is 0 Å². The average Bonchev–Trinajstić information content (AvgIpc) is 2.74. The number of para-hydroxylation sites is 1. The van der Waals surface area contributed by atoms with Crippen LogP contribution in [0.3, 0.4) is 0 Å². The SMILES string of the molecule is C=CCOc1ccccc1CNC(=NCc1ccc(C(=O)N(C)C)cc1)NCC. The Balaban J connectivity index is 2.01. The predicted octanol–water partition coefficient (Wildman–Crippen LogP) is 3.21. The zero-order valence-electron chi connectivity index (χ0n) is 17.4. The van der Waals surface area contributed by atoms with Crippen molar-refractivity contribution in [3.8, 4) is 5.75 Å². The van der Waals surface area contributed by atoms with Gasteiger partial charge in [0.15, 0.2) is 5.96 Å². The van der Waals surface area contributed by atoms with Crippen LogP contribution in [0.15, 0.2) is 66.2 Å². The molecule has 154 valence electrons. The van der Waals surface area contributed by atoms with Crippen molar-refractivity contribution in [1.82, 2.24) is 15.5 Å². The Morgan fingerprint density at radius 3 is 2.52 bits per heavy atom. The van der Waals surface area contributed by atoms with Crippen molar-refractivity contribution >= 4 is 11.9 Å². The molecular formula is C23H30N4O2. The van der Waals surface area contributed by atoms with E-state index in [1.165, 1.54) is 0 Å². The van der Waals surface area contributed by atoms with E-state index in [1.54, 1.807) is 25.1 Å². The molecule has 0 unspecified atom stereocenters. The Morgan fingerprint density at radius 1 is 1.14 bits per heavy atom. The number of ether oxygens (including phenoxy) is 1. The second-order valence-electron chi connectivity index (χ2n) is 6.65. The number of hydrogen-bond acceptors (Lipinski definition) is 3. The van der Waals surface area contributed by atoms with Gasteiger partial charge < -0.3 is 20.3 Å². The van der Waals surface area contributed by atoms with Gasteiger partial charge in [0.2, 0.25) is 0 Å². The Labute approximate surface area is 173 Å². The fraction of sp³-hybridized carbons (Fsp3) is 0.304. The van der Waals surface area contributed by atoms with E-state index in [4.69, 9.17) is 4.74 Å². The van der Waals surface area contributed by atoms with Crippen LogP contribution >= 0.6 is 0 Å². The van der Waals surface area contributed by atoms with Crippen LogP contribution < -0.4 is 15.4 Å². The van der Waals surface area contributed by atoms with Crippen molar-refractivity contribution in [1.29, 1.82) is 0 Å². The van der Waals surface area contributed by atoms with E-state index in [0.717, 1.165) is 29.4 Å². The molecule has 29 heavy (non-hydrogen) atoms. The Hall–Kier alpha value is -3.28. The van der Waals surface area contributed by atoms with E-state index >= 15 is 0 Å². The van der Waals surface area contributed by atoms with Gasteiger partial charge in [-0.25, -0.2) is 4.99 Å². The van der Waals surface area contributed by atoms with Crippen LogP contribution in [0.25, 0.3) is 0 Å². The number of rotatable bonds is 9. The molecule has 0 fully saturated rings. The van der Waals surface area contributed by atoms with E-state index in [9.17, 15) is 4.79 Å². The molecule has 6 nitrogen and oxygen atoms in total. The van der Waals surface area contributed by atoms with Crippen molar-refractivity contribution < 1.29 is 9.53 Å². The van der Waals surface area contributed by atoms with Gasteiger partial charge >= 0.3 is 0 Å². The number of guanidine groups is 1. The third kappa shape index (κ3) is 6.99. The van der Waals surface area contributed by atoms with Gasteiger partial charge in [-0.2, -0.15) is 0 Å². The molecule has 2 N–H and O–H groups in total. The molecule has 0 aliphatic heterocycles. The van der Waals surface area contributed by atoms with Crippen molar-refractivity contribution in [3.63, 3.8) is 0 Å². The lowest BCUT2D eigenvalue weighted by Gasteiger charge is -2.14. The largest absolute Gasteiger partial charge is 0.489 e.